The molecule has 3 heterocycles. The number of morpholine rings is 1. The van der Waals surface area contributed by atoms with Gasteiger partial charge in [-0.3, -0.25) is 4.90 Å². The Balaban J connectivity index is 1.47. The molecule has 3 fully saturated rings. The Kier molecular flexibility index (Phi) is 7.43. The molecule has 3 saturated heterocycles. The zero-order chi connectivity index (χ0) is 20.4. The van der Waals surface area contributed by atoms with Crippen LogP contribution < -0.4 is 0 Å². The van der Waals surface area contributed by atoms with Crippen molar-refractivity contribution in [1.82, 2.24) is 9.80 Å². The summed E-state index contributed by atoms with van der Waals surface area (Å²) in [6.07, 6.45) is 2.68. The van der Waals surface area contributed by atoms with Crippen molar-refractivity contribution in [3.05, 3.63) is 0 Å². The van der Waals surface area contributed by atoms with Gasteiger partial charge in [0.15, 0.2) is 0 Å². The second-order valence-electron chi connectivity index (χ2n) is 10.5. The molecule has 6 nitrogen and oxygen atoms in total. The summed E-state index contributed by atoms with van der Waals surface area (Å²) < 4.78 is 24.2. The second-order valence-corrected chi connectivity index (χ2v) is 10.5. The maximum atomic E-state index is 6.34. The third kappa shape index (κ3) is 6.64. The van der Waals surface area contributed by atoms with Crippen LogP contribution in [0.25, 0.3) is 0 Å². The van der Waals surface area contributed by atoms with E-state index in [9.17, 15) is 0 Å². The molecule has 3 rings (SSSR count). The maximum Gasteiger partial charge on any atom is 0.0935 e. The fourth-order valence-electron chi connectivity index (χ4n) is 4.75. The Morgan fingerprint density at radius 3 is 2.46 bits per heavy atom. The third-order valence-electron chi connectivity index (χ3n) is 6.06. The van der Waals surface area contributed by atoms with E-state index in [1.54, 1.807) is 0 Å². The Morgan fingerprint density at radius 1 is 1.04 bits per heavy atom. The highest BCUT2D eigenvalue weighted by Crippen LogP contribution is 2.33. The molecule has 0 aromatic heterocycles. The van der Waals surface area contributed by atoms with Crippen molar-refractivity contribution in [2.24, 2.45) is 5.92 Å². The minimum Gasteiger partial charge on any atom is -0.381 e. The van der Waals surface area contributed by atoms with Crippen LogP contribution >= 0.6 is 0 Å². The van der Waals surface area contributed by atoms with Gasteiger partial charge in [-0.1, -0.05) is 0 Å². The summed E-state index contributed by atoms with van der Waals surface area (Å²) in [5, 5.41) is 0. The Morgan fingerprint density at radius 2 is 1.79 bits per heavy atom. The van der Waals surface area contributed by atoms with Gasteiger partial charge in [0.1, 0.15) is 0 Å². The van der Waals surface area contributed by atoms with Crippen molar-refractivity contribution in [1.29, 1.82) is 0 Å². The number of nitrogens with zero attached hydrogens (tertiary/aromatic N) is 2. The van der Waals surface area contributed by atoms with Gasteiger partial charge in [0.2, 0.25) is 0 Å². The minimum atomic E-state index is -0.171. The highest BCUT2D eigenvalue weighted by molar-refractivity contribution is 4.94. The molecule has 6 heteroatoms. The summed E-state index contributed by atoms with van der Waals surface area (Å²) in [7, 11) is 2.15. The van der Waals surface area contributed by atoms with Crippen LogP contribution in [-0.4, -0.2) is 98.9 Å². The highest BCUT2D eigenvalue weighted by Gasteiger charge is 2.41. The number of hydrogen-bond acceptors (Lipinski definition) is 6. The van der Waals surface area contributed by atoms with E-state index in [0.717, 1.165) is 58.8 Å². The summed E-state index contributed by atoms with van der Waals surface area (Å²) in [4.78, 5) is 4.91. The molecule has 3 atom stereocenters. The van der Waals surface area contributed by atoms with E-state index in [1.165, 1.54) is 0 Å². The molecule has 3 aliphatic rings. The SMILES string of the molecule is CN1CCOC(COC(C)(C)CC2COCCC2N2CC(OC(C)(C)C)C2)C1. The van der Waals surface area contributed by atoms with Gasteiger partial charge in [-0.25, -0.2) is 0 Å². The molecule has 3 unspecified atom stereocenters. The van der Waals surface area contributed by atoms with Crippen LogP contribution in [0.15, 0.2) is 0 Å². The molecule has 0 radical (unpaired) electrons. The van der Waals surface area contributed by atoms with Gasteiger partial charge in [-0.2, -0.15) is 0 Å². The first kappa shape index (κ1) is 22.4. The lowest BCUT2D eigenvalue weighted by Crippen LogP contribution is -2.61. The third-order valence-corrected chi connectivity index (χ3v) is 6.06. The first-order valence-electron chi connectivity index (χ1n) is 11.0. The number of likely N-dealkylation sites (N-methyl/N-ethyl adjacent to an activating group) is 1. The largest absolute Gasteiger partial charge is 0.381 e. The van der Waals surface area contributed by atoms with E-state index >= 15 is 0 Å². The molecular weight excluding hydrogens is 356 g/mol. The van der Waals surface area contributed by atoms with Crippen LogP contribution in [0.2, 0.25) is 0 Å². The molecule has 164 valence electrons. The van der Waals surface area contributed by atoms with Crippen molar-refractivity contribution >= 4 is 0 Å². The van der Waals surface area contributed by atoms with Crippen molar-refractivity contribution < 1.29 is 18.9 Å². The predicted octanol–water partition coefficient (Wildman–Crippen LogP) is 2.41. The molecule has 0 aliphatic carbocycles. The Labute approximate surface area is 171 Å². The van der Waals surface area contributed by atoms with Gasteiger partial charge < -0.3 is 23.8 Å². The second kappa shape index (κ2) is 9.27. The van der Waals surface area contributed by atoms with Gasteiger partial charge in [0, 0.05) is 44.7 Å². The molecule has 0 N–H and O–H groups in total. The van der Waals surface area contributed by atoms with Crippen LogP contribution in [0, 0.1) is 5.92 Å². The van der Waals surface area contributed by atoms with E-state index in [0.29, 0.717) is 24.7 Å². The van der Waals surface area contributed by atoms with E-state index < -0.39 is 0 Å². The molecule has 0 amide bonds. The molecule has 0 spiro atoms. The summed E-state index contributed by atoms with van der Waals surface area (Å²) >= 11 is 0. The van der Waals surface area contributed by atoms with Crippen LogP contribution in [0.3, 0.4) is 0 Å². The highest BCUT2D eigenvalue weighted by atomic mass is 16.5. The van der Waals surface area contributed by atoms with Crippen LogP contribution in [-0.2, 0) is 18.9 Å². The van der Waals surface area contributed by atoms with Gasteiger partial charge >= 0.3 is 0 Å². The number of likely N-dealkylation sites (tertiary alicyclic amines) is 1. The summed E-state index contributed by atoms with van der Waals surface area (Å²) in [6.45, 7) is 18.1. The van der Waals surface area contributed by atoms with Crippen LogP contribution in [0.4, 0.5) is 0 Å². The lowest BCUT2D eigenvalue weighted by atomic mass is 9.83. The van der Waals surface area contributed by atoms with Gasteiger partial charge in [0.05, 0.1) is 43.2 Å². The Hall–Kier alpha value is -0.240. The maximum absolute atomic E-state index is 6.34. The smallest absolute Gasteiger partial charge is 0.0935 e. The Bertz CT molecular complexity index is 487. The molecule has 28 heavy (non-hydrogen) atoms. The van der Waals surface area contributed by atoms with Gasteiger partial charge in [0.25, 0.3) is 0 Å². The first-order valence-corrected chi connectivity index (χ1v) is 11.0. The topological polar surface area (TPSA) is 43.4 Å². The van der Waals surface area contributed by atoms with E-state index in [1.807, 2.05) is 0 Å². The molecule has 3 aliphatic heterocycles. The van der Waals surface area contributed by atoms with E-state index in [4.69, 9.17) is 18.9 Å². The fourth-order valence-corrected chi connectivity index (χ4v) is 4.75. The van der Waals surface area contributed by atoms with E-state index in [2.05, 4.69) is 51.5 Å². The first-order chi connectivity index (χ1) is 13.1. The average molecular weight is 399 g/mol. The van der Waals surface area contributed by atoms with Crippen molar-refractivity contribution in [2.45, 2.75) is 76.9 Å². The standard InChI is InChI=1S/C22H42N2O4/c1-21(2,3)28-18-13-24(14-18)20-7-9-25-15-17(20)11-22(4,5)27-16-19-12-23(6)8-10-26-19/h17-20H,7-16H2,1-6H3. The van der Waals surface area contributed by atoms with Crippen molar-refractivity contribution in [3.63, 3.8) is 0 Å². The number of rotatable bonds is 7. The van der Waals surface area contributed by atoms with Gasteiger partial charge in [-0.05, 0) is 54.5 Å². The fraction of sp³-hybridized carbons (Fsp3) is 1.00. The average Bonchev–Trinajstić information content (AvgIpc) is 2.56. The summed E-state index contributed by atoms with van der Waals surface area (Å²) in [6, 6.07) is 0.577. The monoisotopic (exact) mass is 398 g/mol. The zero-order valence-electron chi connectivity index (χ0n) is 18.9. The molecular formula is C22H42N2O4. The lowest BCUT2D eigenvalue weighted by molar-refractivity contribution is -0.159. The predicted molar refractivity (Wildman–Crippen MR) is 111 cm³/mol. The number of hydrogen-bond donors (Lipinski definition) is 0. The molecule has 0 aromatic rings. The van der Waals surface area contributed by atoms with Crippen LogP contribution in [0.5, 0.6) is 0 Å². The molecule has 0 aromatic carbocycles. The van der Waals surface area contributed by atoms with Crippen molar-refractivity contribution in [3.8, 4) is 0 Å². The number of ether oxygens (including phenoxy) is 4. The molecule has 0 saturated carbocycles. The minimum absolute atomic E-state index is 0.0586. The normalized spacial score (nSPS) is 31.7. The molecule has 0 bridgehead atoms. The van der Waals surface area contributed by atoms with Crippen molar-refractivity contribution in [2.75, 3.05) is 59.7 Å². The summed E-state index contributed by atoms with van der Waals surface area (Å²) in [5.41, 5.74) is -0.230. The summed E-state index contributed by atoms with van der Waals surface area (Å²) in [5.74, 6) is 0.509. The van der Waals surface area contributed by atoms with Gasteiger partial charge in [-0.15, -0.1) is 0 Å². The lowest BCUT2D eigenvalue weighted by Gasteiger charge is -2.50. The quantitative estimate of drug-likeness (QED) is 0.656. The zero-order valence-corrected chi connectivity index (χ0v) is 18.9. The van der Waals surface area contributed by atoms with E-state index in [-0.39, 0.29) is 17.3 Å². The van der Waals surface area contributed by atoms with Crippen LogP contribution in [0.1, 0.15) is 47.5 Å².